The van der Waals surface area contributed by atoms with Gasteiger partial charge in [-0.05, 0) is 54.8 Å². The van der Waals surface area contributed by atoms with Crippen LogP contribution in [0.15, 0.2) is 59.0 Å². The van der Waals surface area contributed by atoms with E-state index in [1.54, 1.807) is 0 Å². The van der Waals surface area contributed by atoms with Crippen LogP contribution >= 0.6 is 35.0 Å². The van der Waals surface area contributed by atoms with Crippen molar-refractivity contribution in [3.63, 3.8) is 0 Å². The molecule has 2 heterocycles. The molecule has 0 amide bonds. The zero-order valence-electron chi connectivity index (χ0n) is 22.7. The number of nitriles is 1. The summed E-state index contributed by atoms with van der Waals surface area (Å²) in [5.41, 5.74) is 1.22. The lowest BCUT2D eigenvalue weighted by Crippen LogP contribution is -2.45. The fraction of sp³-hybridized carbons (Fsp3) is 0.300. The highest BCUT2D eigenvalue weighted by Crippen LogP contribution is 2.36. The summed E-state index contributed by atoms with van der Waals surface area (Å²) < 4.78 is 38.7. The van der Waals surface area contributed by atoms with Crippen LogP contribution in [0.3, 0.4) is 0 Å². The van der Waals surface area contributed by atoms with Gasteiger partial charge in [0.05, 0.1) is 29.7 Å². The molecule has 218 valence electrons. The highest BCUT2D eigenvalue weighted by atomic mass is 35.5. The van der Waals surface area contributed by atoms with Crippen LogP contribution in [0.25, 0.3) is 11.5 Å². The van der Waals surface area contributed by atoms with Crippen LogP contribution in [0.1, 0.15) is 17.0 Å². The van der Waals surface area contributed by atoms with Gasteiger partial charge >= 0.3 is 0 Å². The third kappa shape index (κ3) is 7.73. The second-order valence-corrected chi connectivity index (χ2v) is 11.4. The minimum absolute atomic E-state index is 0.0158. The fourth-order valence-corrected chi connectivity index (χ4v) is 5.25. The lowest BCUT2D eigenvalue weighted by atomic mass is 10.1. The third-order valence-electron chi connectivity index (χ3n) is 6.53. The van der Waals surface area contributed by atoms with Gasteiger partial charge in [-0.15, -0.1) is 10.2 Å². The highest BCUT2D eigenvalue weighted by Gasteiger charge is 2.21. The van der Waals surface area contributed by atoms with Crippen LogP contribution in [0.2, 0.25) is 10.0 Å². The van der Waals surface area contributed by atoms with Gasteiger partial charge in [-0.1, -0.05) is 29.3 Å². The van der Waals surface area contributed by atoms with Gasteiger partial charge in [0.15, 0.2) is 11.6 Å². The van der Waals surface area contributed by atoms with Gasteiger partial charge in [0, 0.05) is 41.5 Å². The molecule has 1 fully saturated rings. The Labute approximate surface area is 257 Å². The number of hydrogen-bond donors (Lipinski definition) is 0. The van der Waals surface area contributed by atoms with Crippen molar-refractivity contribution in [2.75, 3.05) is 44.9 Å². The molecule has 1 atom stereocenters. The molecule has 1 unspecified atom stereocenters. The number of morpholine rings is 1. The summed E-state index contributed by atoms with van der Waals surface area (Å²) in [7, 11) is 0. The monoisotopic (exact) mass is 628 g/mol. The normalized spacial score (nSPS) is 15.4. The van der Waals surface area contributed by atoms with E-state index in [1.165, 1.54) is 30.3 Å². The fourth-order valence-electron chi connectivity index (χ4n) is 4.40. The molecule has 4 aromatic rings. The van der Waals surface area contributed by atoms with Crippen LogP contribution in [0.4, 0.5) is 4.39 Å². The molecule has 1 aromatic heterocycles. The van der Waals surface area contributed by atoms with E-state index in [9.17, 15) is 5.26 Å². The zero-order chi connectivity index (χ0) is 29.5. The summed E-state index contributed by atoms with van der Waals surface area (Å²) in [5, 5.41) is 17.7. The largest absolute Gasteiger partial charge is 0.491 e. The second-order valence-electron chi connectivity index (χ2n) is 9.54. The number of hydrogen-bond acceptors (Lipinski definition) is 9. The maximum absolute atomic E-state index is 15.4. The van der Waals surface area contributed by atoms with Crippen LogP contribution < -0.4 is 9.47 Å². The Bertz CT molecular complexity index is 1560. The Balaban J connectivity index is 1.21. The van der Waals surface area contributed by atoms with E-state index < -0.39 is 5.82 Å². The van der Waals surface area contributed by atoms with E-state index in [1.807, 2.05) is 42.1 Å². The molecule has 1 saturated heterocycles. The number of ether oxygens (including phenoxy) is 3. The topological polar surface area (TPSA) is 93.6 Å². The first-order chi connectivity index (χ1) is 20.4. The number of thioether (sulfide) groups is 1. The Hall–Kier alpha value is -3.33. The number of nitrogens with zero attached hydrogens (tertiary/aromatic N) is 4. The van der Waals surface area contributed by atoms with Crippen LogP contribution in [0.5, 0.6) is 17.2 Å². The number of benzene rings is 3. The highest BCUT2D eigenvalue weighted by molar-refractivity contribution is 7.98. The number of aromatic nitrogens is 2. The van der Waals surface area contributed by atoms with Crippen molar-refractivity contribution in [2.24, 2.45) is 0 Å². The summed E-state index contributed by atoms with van der Waals surface area (Å²) in [4.78, 5) is 2.40. The van der Waals surface area contributed by atoms with Crippen LogP contribution in [0, 0.1) is 17.1 Å². The number of halogens is 3. The Morgan fingerprint density at radius 3 is 2.74 bits per heavy atom. The van der Waals surface area contributed by atoms with Gasteiger partial charge in [0.25, 0.3) is 0 Å². The van der Waals surface area contributed by atoms with Crippen LogP contribution in [-0.2, 0) is 11.2 Å². The number of rotatable bonds is 11. The standard InChI is InChI=1S/C30H27Cl2FN4O4S/c1-42-11-9-37-8-10-38-25(17-37)18-39-23-5-2-20(3-6-23)30-36-35-27(41-30)14-21-4-7-26(32)29(28(21)33)40-24-13-19(16-34)12-22(31)15-24/h2-7,12-13,15,25H,8-11,14,17-18H2,1H3. The molecule has 0 aliphatic carbocycles. The van der Waals surface area contributed by atoms with Crippen molar-refractivity contribution in [1.29, 1.82) is 5.26 Å². The second kappa shape index (κ2) is 14.2. The average molecular weight is 630 g/mol. The first-order valence-corrected chi connectivity index (χ1v) is 15.3. The van der Waals surface area contributed by atoms with Crippen molar-refractivity contribution < 1.29 is 23.0 Å². The Kier molecular flexibility index (Phi) is 10.2. The molecule has 0 radical (unpaired) electrons. The molecule has 8 nitrogen and oxygen atoms in total. The van der Waals surface area contributed by atoms with Crippen molar-refractivity contribution >= 4 is 35.0 Å². The molecule has 5 rings (SSSR count). The van der Waals surface area contributed by atoms with E-state index >= 15 is 4.39 Å². The van der Waals surface area contributed by atoms with Crippen molar-refractivity contribution in [1.82, 2.24) is 15.1 Å². The van der Waals surface area contributed by atoms with Crippen molar-refractivity contribution in [3.8, 4) is 34.8 Å². The molecular weight excluding hydrogens is 602 g/mol. The minimum Gasteiger partial charge on any atom is -0.491 e. The van der Waals surface area contributed by atoms with Gasteiger partial charge < -0.3 is 18.6 Å². The summed E-state index contributed by atoms with van der Waals surface area (Å²) in [6.07, 6.45) is 2.16. The molecule has 42 heavy (non-hydrogen) atoms. The minimum atomic E-state index is -0.684. The van der Waals surface area contributed by atoms with E-state index in [4.69, 9.17) is 41.8 Å². The van der Waals surface area contributed by atoms with Gasteiger partial charge in [-0.2, -0.15) is 17.0 Å². The molecule has 0 spiro atoms. The first kappa shape index (κ1) is 30.1. The maximum atomic E-state index is 15.4. The van der Waals surface area contributed by atoms with E-state index in [2.05, 4.69) is 21.4 Å². The molecular formula is C30H27Cl2FN4O4S. The molecule has 12 heteroatoms. The third-order valence-corrected chi connectivity index (χ3v) is 7.64. The molecule has 0 saturated carbocycles. The van der Waals surface area contributed by atoms with Crippen molar-refractivity contribution in [2.45, 2.75) is 12.5 Å². The van der Waals surface area contributed by atoms with Gasteiger partial charge in [-0.3, -0.25) is 4.90 Å². The summed E-state index contributed by atoms with van der Waals surface area (Å²) in [6.45, 7) is 4.03. The molecule has 1 aliphatic heterocycles. The summed E-state index contributed by atoms with van der Waals surface area (Å²) in [5.74, 6) is 1.63. The predicted molar refractivity (Wildman–Crippen MR) is 160 cm³/mol. The lowest BCUT2D eigenvalue weighted by molar-refractivity contribution is -0.0460. The Morgan fingerprint density at radius 1 is 1.12 bits per heavy atom. The van der Waals surface area contributed by atoms with Gasteiger partial charge in [0.1, 0.15) is 24.2 Å². The molecule has 0 bridgehead atoms. The molecule has 0 N–H and O–H groups in total. The lowest BCUT2D eigenvalue weighted by Gasteiger charge is -2.32. The van der Waals surface area contributed by atoms with Gasteiger partial charge in [-0.25, -0.2) is 4.39 Å². The quantitative estimate of drug-likeness (QED) is 0.176. The summed E-state index contributed by atoms with van der Waals surface area (Å²) in [6, 6.07) is 16.7. The molecule has 3 aromatic carbocycles. The zero-order valence-corrected chi connectivity index (χ0v) is 25.0. The van der Waals surface area contributed by atoms with Crippen LogP contribution in [-0.4, -0.2) is 66.1 Å². The smallest absolute Gasteiger partial charge is 0.247 e. The van der Waals surface area contributed by atoms with Crippen molar-refractivity contribution in [3.05, 3.63) is 87.5 Å². The maximum Gasteiger partial charge on any atom is 0.247 e. The predicted octanol–water partition coefficient (Wildman–Crippen LogP) is 6.88. The van der Waals surface area contributed by atoms with E-state index in [0.29, 0.717) is 30.4 Å². The van der Waals surface area contributed by atoms with E-state index in [0.717, 1.165) is 25.4 Å². The van der Waals surface area contributed by atoms with E-state index in [-0.39, 0.29) is 51.1 Å². The summed E-state index contributed by atoms with van der Waals surface area (Å²) >= 11 is 14.1. The first-order valence-electron chi connectivity index (χ1n) is 13.2. The molecule has 1 aliphatic rings. The van der Waals surface area contributed by atoms with Gasteiger partial charge in [0.2, 0.25) is 11.8 Å². The Morgan fingerprint density at radius 2 is 1.95 bits per heavy atom. The average Bonchev–Trinajstić information content (AvgIpc) is 3.47. The SMILES string of the molecule is CSCCN1CCOC(COc2ccc(-c3nnc(Cc4ccc(Cl)c(Oc5cc(Cl)cc(C#N)c5)c4F)o3)cc2)C1.